The maximum atomic E-state index is 12.6. The Hall–Kier alpha value is -2.95. The quantitative estimate of drug-likeness (QED) is 0.732. The lowest BCUT2D eigenvalue weighted by molar-refractivity contribution is -0.150. The molecule has 2 heterocycles. The summed E-state index contributed by atoms with van der Waals surface area (Å²) < 4.78 is 16.3. The lowest BCUT2D eigenvalue weighted by atomic mass is 9.86. The second kappa shape index (κ2) is 6.09. The molecule has 0 spiro atoms. The fourth-order valence-electron chi connectivity index (χ4n) is 3.87. The zero-order valence-corrected chi connectivity index (χ0v) is 14.3. The molecule has 1 atom stereocenters. The van der Waals surface area contributed by atoms with Crippen LogP contribution in [0.1, 0.15) is 23.2 Å². The van der Waals surface area contributed by atoms with Gasteiger partial charge in [0, 0.05) is 16.6 Å². The predicted molar refractivity (Wildman–Crippen MR) is 96.2 cm³/mol. The summed E-state index contributed by atoms with van der Waals surface area (Å²) in [7, 11) is 0. The van der Waals surface area contributed by atoms with Crippen molar-refractivity contribution in [2.45, 2.75) is 25.9 Å². The first-order valence-corrected chi connectivity index (χ1v) is 8.91. The van der Waals surface area contributed by atoms with Crippen LogP contribution in [0.15, 0.2) is 42.5 Å². The maximum absolute atomic E-state index is 12.6. The molecule has 5 heteroatoms. The molecule has 0 saturated heterocycles. The van der Waals surface area contributed by atoms with Crippen LogP contribution in [0.25, 0.3) is 10.9 Å². The molecule has 2 aliphatic rings. The van der Waals surface area contributed by atoms with Crippen molar-refractivity contribution in [3.63, 3.8) is 0 Å². The lowest BCUT2D eigenvalue weighted by Gasteiger charge is -2.21. The molecule has 5 nitrogen and oxygen atoms in total. The van der Waals surface area contributed by atoms with Gasteiger partial charge in [-0.25, -0.2) is 0 Å². The Kier molecular flexibility index (Phi) is 3.59. The van der Waals surface area contributed by atoms with Crippen LogP contribution in [0.4, 0.5) is 0 Å². The Labute approximate surface area is 150 Å². The van der Waals surface area contributed by atoms with E-state index in [2.05, 4.69) is 17.1 Å². The van der Waals surface area contributed by atoms with Crippen molar-refractivity contribution in [2.24, 2.45) is 5.92 Å². The molecule has 1 N–H and O–H groups in total. The number of aromatic nitrogens is 1. The highest BCUT2D eigenvalue weighted by Gasteiger charge is 2.28. The number of aryl methyl sites for hydroxylation is 1. The number of ether oxygens (including phenoxy) is 3. The highest BCUT2D eigenvalue weighted by molar-refractivity contribution is 5.86. The number of rotatable bonds is 3. The molecule has 132 valence electrons. The number of hydrogen-bond acceptors (Lipinski definition) is 4. The van der Waals surface area contributed by atoms with Crippen molar-refractivity contribution >= 4 is 16.9 Å². The molecule has 2 aromatic carbocycles. The van der Waals surface area contributed by atoms with Gasteiger partial charge in [0.2, 0.25) is 6.79 Å². The number of hydrogen-bond donors (Lipinski definition) is 1. The van der Waals surface area contributed by atoms with Gasteiger partial charge in [-0.3, -0.25) is 4.79 Å². The van der Waals surface area contributed by atoms with Gasteiger partial charge in [0.15, 0.2) is 11.5 Å². The van der Waals surface area contributed by atoms with Crippen molar-refractivity contribution in [3.8, 4) is 11.5 Å². The molecule has 0 bridgehead atoms. The molecular formula is C21H19NO4. The van der Waals surface area contributed by atoms with Crippen LogP contribution in [-0.2, 0) is 29.0 Å². The van der Waals surface area contributed by atoms with E-state index in [0.717, 1.165) is 36.1 Å². The summed E-state index contributed by atoms with van der Waals surface area (Å²) in [4.78, 5) is 16.1. The Morgan fingerprint density at radius 1 is 1.15 bits per heavy atom. The number of carbonyl (C=O) groups is 1. The summed E-state index contributed by atoms with van der Waals surface area (Å²) in [6, 6.07) is 13.9. The molecule has 3 aromatic rings. The number of nitrogens with one attached hydrogen (secondary N) is 1. The van der Waals surface area contributed by atoms with Gasteiger partial charge in [-0.2, -0.15) is 0 Å². The third-order valence-electron chi connectivity index (χ3n) is 5.25. The van der Waals surface area contributed by atoms with Crippen molar-refractivity contribution in [1.29, 1.82) is 0 Å². The van der Waals surface area contributed by atoms with E-state index in [1.54, 1.807) is 0 Å². The van der Waals surface area contributed by atoms with Crippen LogP contribution in [0.5, 0.6) is 11.5 Å². The van der Waals surface area contributed by atoms with Crippen molar-refractivity contribution in [3.05, 3.63) is 59.3 Å². The van der Waals surface area contributed by atoms with E-state index in [1.807, 2.05) is 30.3 Å². The minimum atomic E-state index is -0.126. The van der Waals surface area contributed by atoms with E-state index in [0.29, 0.717) is 5.75 Å². The minimum Gasteiger partial charge on any atom is -0.461 e. The Morgan fingerprint density at radius 2 is 2.04 bits per heavy atom. The smallest absolute Gasteiger partial charge is 0.309 e. The second-order valence-corrected chi connectivity index (χ2v) is 6.86. The first-order chi connectivity index (χ1) is 12.8. The van der Waals surface area contributed by atoms with Gasteiger partial charge >= 0.3 is 5.97 Å². The van der Waals surface area contributed by atoms with Crippen LogP contribution < -0.4 is 9.47 Å². The lowest BCUT2D eigenvalue weighted by Crippen LogP contribution is -2.24. The summed E-state index contributed by atoms with van der Waals surface area (Å²) >= 11 is 0. The Balaban J connectivity index is 1.28. The monoisotopic (exact) mass is 349 g/mol. The molecule has 0 radical (unpaired) electrons. The zero-order valence-electron chi connectivity index (χ0n) is 14.3. The highest BCUT2D eigenvalue weighted by atomic mass is 16.7. The first-order valence-electron chi connectivity index (χ1n) is 8.91. The van der Waals surface area contributed by atoms with E-state index in [4.69, 9.17) is 14.2 Å². The summed E-state index contributed by atoms with van der Waals surface area (Å²) in [6.07, 6.45) is 2.44. The minimum absolute atomic E-state index is 0.0873. The molecular weight excluding hydrogens is 330 g/mol. The van der Waals surface area contributed by atoms with Gasteiger partial charge in [0.05, 0.1) is 5.92 Å². The molecule has 1 aliphatic carbocycles. The van der Waals surface area contributed by atoms with Crippen LogP contribution in [0, 0.1) is 5.92 Å². The predicted octanol–water partition coefficient (Wildman–Crippen LogP) is 3.74. The van der Waals surface area contributed by atoms with E-state index >= 15 is 0 Å². The van der Waals surface area contributed by atoms with Crippen LogP contribution in [-0.4, -0.2) is 17.7 Å². The van der Waals surface area contributed by atoms with Gasteiger partial charge in [-0.05, 0) is 48.6 Å². The summed E-state index contributed by atoms with van der Waals surface area (Å²) in [5, 5.41) is 1.22. The third-order valence-corrected chi connectivity index (χ3v) is 5.25. The van der Waals surface area contributed by atoms with Crippen molar-refractivity contribution < 1.29 is 19.0 Å². The summed E-state index contributed by atoms with van der Waals surface area (Å²) in [6.45, 7) is 0.500. The SMILES string of the molecule is O=C(OCc1ccc2c(c1)OCO2)C1CCc2[nH]c3ccccc3c2C1. The second-order valence-electron chi connectivity index (χ2n) is 6.86. The number of fused-ring (bicyclic) bond motifs is 4. The highest BCUT2D eigenvalue weighted by Crippen LogP contribution is 2.34. The number of H-pyrrole nitrogens is 1. The average Bonchev–Trinajstić information content (AvgIpc) is 3.29. The number of para-hydroxylation sites is 1. The normalized spacial score (nSPS) is 17.9. The van der Waals surface area contributed by atoms with Crippen LogP contribution >= 0.6 is 0 Å². The molecule has 0 amide bonds. The number of carbonyl (C=O) groups excluding carboxylic acids is 1. The van der Waals surface area contributed by atoms with Crippen LogP contribution in [0.2, 0.25) is 0 Å². The fraction of sp³-hybridized carbons (Fsp3) is 0.286. The summed E-state index contributed by atoms with van der Waals surface area (Å²) in [5.74, 6) is 1.23. The van der Waals surface area contributed by atoms with E-state index in [9.17, 15) is 4.79 Å². The Bertz CT molecular complexity index is 991. The molecule has 5 rings (SSSR count). The molecule has 0 saturated carbocycles. The average molecular weight is 349 g/mol. The largest absolute Gasteiger partial charge is 0.461 e. The Morgan fingerprint density at radius 3 is 3.00 bits per heavy atom. The zero-order chi connectivity index (χ0) is 17.5. The van der Waals surface area contributed by atoms with Gasteiger partial charge < -0.3 is 19.2 Å². The number of aromatic amines is 1. The molecule has 1 aliphatic heterocycles. The molecule has 1 unspecified atom stereocenters. The standard InChI is InChI=1S/C21H19NO4/c23-21(24-11-13-5-8-19-20(9-13)26-12-25-19)14-6-7-18-16(10-14)15-3-1-2-4-17(15)22-18/h1-5,8-9,14,22H,6-7,10-12H2. The van der Waals surface area contributed by atoms with E-state index in [-0.39, 0.29) is 25.3 Å². The molecule has 26 heavy (non-hydrogen) atoms. The van der Waals surface area contributed by atoms with E-state index < -0.39 is 0 Å². The van der Waals surface area contributed by atoms with Gasteiger partial charge in [-0.1, -0.05) is 24.3 Å². The van der Waals surface area contributed by atoms with Crippen molar-refractivity contribution in [2.75, 3.05) is 6.79 Å². The first kappa shape index (κ1) is 15.3. The topological polar surface area (TPSA) is 60.6 Å². The fourth-order valence-corrected chi connectivity index (χ4v) is 3.87. The van der Waals surface area contributed by atoms with E-state index in [1.165, 1.54) is 16.6 Å². The number of esters is 1. The molecule has 0 fully saturated rings. The van der Waals surface area contributed by atoms with Crippen LogP contribution in [0.3, 0.4) is 0 Å². The van der Waals surface area contributed by atoms with Gasteiger partial charge in [-0.15, -0.1) is 0 Å². The van der Waals surface area contributed by atoms with Gasteiger partial charge in [0.1, 0.15) is 6.61 Å². The van der Waals surface area contributed by atoms with Crippen molar-refractivity contribution in [1.82, 2.24) is 4.98 Å². The summed E-state index contributed by atoms with van der Waals surface area (Å²) in [5.41, 5.74) is 4.57. The third kappa shape index (κ3) is 2.60. The number of benzene rings is 2. The van der Waals surface area contributed by atoms with Gasteiger partial charge in [0.25, 0.3) is 0 Å². The maximum Gasteiger partial charge on any atom is 0.309 e. The molecule has 1 aromatic heterocycles.